The fourth-order valence-electron chi connectivity index (χ4n) is 3.37. The molecule has 1 amide bonds. The Morgan fingerprint density at radius 2 is 1.81 bits per heavy atom. The Morgan fingerprint density at radius 1 is 1.07 bits per heavy atom. The van der Waals surface area contributed by atoms with Crippen molar-refractivity contribution in [2.45, 2.75) is 23.6 Å². The highest BCUT2D eigenvalue weighted by molar-refractivity contribution is 7.94. The molecule has 0 spiro atoms. The minimum Gasteiger partial charge on any atom is -0.305 e. The van der Waals surface area contributed by atoms with Gasteiger partial charge in [0.25, 0.3) is 15.9 Å². The number of hydrogen-bond donors (Lipinski definition) is 1. The highest BCUT2D eigenvalue weighted by Gasteiger charge is 2.32. The highest BCUT2D eigenvalue weighted by atomic mass is 32.2. The van der Waals surface area contributed by atoms with Gasteiger partial charge >= 0.3 is 0 Å². The molecule has 0 fully saturated rings. The molecule has 138 valence electrons. The summed E-state index contributed by atoms with van der Waals surface area (Å²) in [6, 6.07) is 17.8. The van der Waals surface area contributed by atoms with Crippen LogP contribution in [0, 0.1) is 0 Å². The molecule has 0 radical (unpaired) electrons. The van der Waals surface area contributed by atoms with Crippen molar-refractivity contribution in [2.75, 3.05) is 9.62 Å². The maximum atomic E-state index is 13.3. The molecular formula is C20H18N2O3S2. The molecule has 1 aliphatic heterocycles. The van der Waals surface area contributed by atoms with Crippen LogP contribution in [0.3, 0.4) is 0 Å². The Bertz CT molecular complexity index is 1090. The quantitative estimate of drug-likeness (QED) is 0.718. The Hall–Kier alpha value is -2.64. The molecular weight excluding hydrogens is 380 g/mol. The first-order chi connectivity index (χ1) is 13.0. The van der Waals surface area contributed by atoms with Crippen molar-refractivity contribution in [3.63, 3.8) is 0 Å². The summed E-state index contributed by atoms with van der Waals surface area (Å²) >= 11 is 1.13. The number of hydrogen-bond acceptors (Lipinski definition) is 4. The molecule has 1 N–H and O–H groups in total. The number of rotatable bonds is 4. The van der Waals surface area contributed by atoms with E-state index in [0.29, 0.717) is 5.56 Å². The first-order valence-electron chi connectivity index (χ1n) is 8.54. The third-order valence-corrected chi connectivity index (χ3v) is 7.35. The van der Waals surface area contributed by atoms with E-state index >= 15 is 0 Å². The number of carbonyl (C=O) groups excluding carboxylic acids is 1. The van der Waals surface area contributed by atoms with Crippen LogP contribution < -0.4 is 9.62 Å². The van der Waals surface area contributed by atoms with Gasteiger partial charge in [-0.1, -0.05) is 36.4 Å². The van der Waals surface area contributed by atoms with E-state index in [1.165, 1.54) is 6.07 Å². The van der Waals surface area contributed by atoms with Crippen LogP contribution in [0.5, 0.6) is 0 Å². The summed E-state index contributed by atoms with van der Waals surface area (Å²) in [6.07, 6.45) is 0.783. The number of anilines is 2. The number of benzene rings is 2. The second-order valence-corrected chi connectivity index (χ2v) is 9.30. The van der Waals surface area contributed by atoms with Crippen molar-refractivity contribution in [2.24, 2.45) is 0 Å². The van der Waals surface area contributed by atoms with Crippen molar-refractivity contribution in [3.8, 4) is 0 Å². The monoisotopic (exact) mass is 398 g/mol. The molecule has 0 aliphatic carbocycles. The van der Waals surface area contributed by atoms with Gasteiger partial charge in [-0.2, -0.15) is 0 Å². The van der Waals surface area contributed by atoms with Gasteiger partial charge < -0.3 is 4.90 Å². The Kier molecular flexibility index (Phi) is 4.49. The van der Waals surface area contributed by atoms with Crippen molar-refractivity contribution < 1.29 is 13.2 Å². The molecule has 27 heavy (non-hydrogen) atoms. The summed E-state index contributed by atoms with van der Waals surface area (Å²) in [5.74, 6) is -0.211. The van der Waals surface area contributed by atoms with Gasteiger partial charge in [-0.25, -0.2) is 8.42 Å². The summed E-state index contributed by atoms with van der Waals surface area (Å²) in [7, 11) is -3.73. The van der Waals surface area contributed by atoms with Crippen molar-refractivity contribution in [1.29, 1.82) is 0 Å². The molecule has 0 bridgehead atoms. The predicted octanol–water partition coefficient (Wildman–Crippen LogP) is 4.14. The molecule has 7 heteroatoms. The van der Waals surface area contributed by atoms with E-state index in [2.05, 4.69) is 4.72 Å². The van der Waals surface area contributed by atoms with E-state index < -0.39 is 10.0 Å². The first kappa shape index (κ1) is 17.8. The number of amides is 1. The average Bonchev–Trinajstić information content (AvgIpc) is 3.29. The van der Waals surface area contributed by atoms with Crippen LogP contribution in [0.15, 0.2) is 70.3 Å². The SMILES string of the molecule is C[C@H]1Cc2ccccc2N1C(=O)c1ccccc1NS(=O)(=O)c1cccs1. The molecule has 0 unspecified atom stereocenters. The largest absolute Gasteiger partial charge is 0.305 e. The molecule has 0 saturated heterocycles. The molecule has 2 heterocycles. The van der Waals surface area contributed by atoms with Gasteiger partial charge in [0.2, 0.25) is 0 Å². The van der Waals surface area contributed by atoms with Gasteiger partial charge in [0.1, 0.15) is 4.21 Å². The average molecular weight is 399 g/mol. The molecule has 4 rings (SSSR count). The maximum absolute atomic E-state index is 13.3. The number of para-hydroxylation sites is 2. The van der Waals surface area contributed by atoms with Crippen LogP contribution in [0.4, 0.5) is 11.4 Å². The summed E-state index contributed by atoms with van der Waals surface area (Å²) < 4.78 is 28.0. The van der Waals surface area contributed by atoms with Gasteiger partial charge in [-0.15, -0.1) is 11.3 Å². The fourth-order valence-corrected chi connectivity index (χ4v) is 5.45. The van der Waals surface area contributed by atoms with E-state index in [1.54, 1.807) is 40.6 Å². The van der Waals surface area contributed by atoms with Crippen LogP contribution in [-0.2, 0) is 16.4 Å². The van der Waals surface area contributed by atoms with E-state index in [0.717, 1.165) is 29.0 Å². The highest BCUT2D eigenvalue weighted by Crippen LogP contribution is 2.34. The summed E-state index contributed by atoms with van der Waals surface area (Å²) in [5.41, 5.74) is 2.62. The van der Waals surface area contributed by atoms with Crippen LogP contribution in [-0.4, -0.2) is 20.4 Å². The normalized spacial score (nSPS) is 16.2. The topological polar surface area (TPSA) is 66.5 Å². The number of carbonyl (C=O) groups is 1. The van der Waals surface area contributed by atoms with E-state index in [-0.39, 0.29) is 21.8 Å². The minimum atomic E-state index is -3.73. The first-order valence-corrected chi connectivity index (χ1v) is 10.9. The van der Waals surface area contributed by atoms with E-state index in [9.17, 15) is 13.2 Å². The van der Waals surface area contributed by atoms with Gasteiger partial charge in [-0.3, -0.25) is 9.52 Å². The van der Waals surface area contributed by atoms with Crippen LogP contribution in [0.2, 0.25) is 0 Å². The third-order valence-electron chi connectivity index (χ3n) is 4.59. The number of sulfonamides is 1. The number of thiophene rings is 1. The Labute approximate surface area is 162 Å². The predicted molar refractivity (Wildman–Crippen MR) is 108 cm³/mol. The zero-order chi connectivity index (χ0) is 19.0. The molecule has 1 atom stereocenters. The van der Waals surface area contributed by atoms with Gasteiger partial charge in [-0.05, 0) is 48.6 Å². The molecule has 3 aromatic rings. The molecule has 0 saturated carbocycles. The second-order valence-electron chi connectivity index (χ2n) is 6.44. The molecule has 5 nitrogen and oxygen atoms in total. The Balaban J connectivity index is 1.71. The van der Waals surface area contributed by atoms with Gasteiger partial charge in [0.15, 0.2) is 0 Å². The second kappa shape index (κ2) is 6.83. The van der Waals surface area contributed by atoms with Crippen LogP contribution >= 0.6 is 11.3 Å². The maximum Gasteiger partial charge on any atom is 0.271 e. The summed E-state index contributed by atoms with van der Waals surface area (Å²) in [4.78, 5) is 15.1. The fraction of sp³-hybridized carbons (Fsp3) is 0.150. The van der Waals surface area contributed by atoms with Crippen LogP contribution in [0.1, 0.15) is 22.8 Å². The molecule has 1 aromatic heterocycles. The number of nitrogens with one attached hydrogen (secondary N) is 1. The van der Waals surface area contributed by atoms with E-state index in [1.807, 2.05) is 31.2 Å². The summed E-state index contributed by atoms with van der Waals surface area (Å²) in [5, 5.41) is 1.70. The zero-order valence-corrected chi connectivity index (χ0v) is 16.3. The number of nitrogens with zero attached hydrogens (tertiary/aromatic N) is 1. The summed E-state index contributed by atoms with van der Waals surface area (Å²) in [6.45, 7) is 2.00. The number of fused-ring (bicyclic) bond motifs is 1. The standard InChI is InChI=1S/C20H18N2O3S2/c1-14-13-15-7-2-5-10-18(15)22(14)20(23)16-8-3-4-9-17(16)21-27(24,25)19-11-6-12-26-19/h2-12,14,21H,13H2,1H3/t14-/m0/s1. The van der Waals surface area contributed by atoms with Gasteiger partial charge in [0, 0.05) is 11.7 Å². The van der Waals surface area contributed by atoms with Crippen molar-refractivity contribution in [1.82, 2.24) is 0 Å². The third kappa shape index (κ3) is 3.24. The molecule has 2 aromatic carbocycles. The Morgan fingerprint density at radius 3 is 2.59 bits per heavy atom. The smallest absolute Gasteiger partial charge is 0.271 e. The van der Waals surface area contributed by atoms with Gasteiger partial charge in [0.05, 0.1) is 11.3 Å². The lowest BCUT2D eigenvalue weighted by Crippen LogP contribution is -2.36. The lowest BCUT2D eigenvalue weighted by Gasteiger charge is -2.24. The lowest BCUT2D eigenvalue weighted by atomic mass is 10.1. The van der Waals surface area contributed by atoms with E-state index in [4.69, 9.17) is 0 Å². The van der Waals surface area contributed by atoms with Crippen LogP contribution in [0.25, 0.3) is 0 Å². The van der Waals surface area contributed by atoms with Crippen molar-refractivity contribution in [3.05, 3.63) is 77.2 Å². The minimum absolute atomic E-state index is 0.0110. The lowest BCUT2D eigenvalue weighted by molar-refractivity contribution is 0.0982. The zero-order valence-electron chi connectivity index (χ0n) is 14.6. The molecule has 1 aliphatic rings. The van der Waals surface area contributed by atoms with Crippen molar-refractivity contribution >= 4 is 38.6 Å².